The smallest absolute Gasteiger partial charge is 0.261 e. The van der Waals surface area contributed by atoms with E-state index in [2.05, 4.69) is 4.98 Å². The minimum absolute atomic E-state index is 0.149. The molecule has 0 spiro atoms. The van der Waals surface area contributed by atoms with Crippen molar-refractivity contribution >= 4 is 5.91 Å². The molecule has 114 valence electrons. The number of aromatic amines is 1. The van der Waals surface area contributed by atoms with Crippen molar-refractivity contribution < 1.29 is 9.90 Å². The van der Waals surface area contributed by atoms with Gasteiger partial charge in [0.15, 0.2) is 0 Å². The van der Waals surface area contributed by atoms with Crippen LogP contribution in [0, 0.1) is 0 Å². The van der Waals surface area contributed by atoms with E-state index in [0.29, 0.717) is 31.6 Å². The van der Waals surface area contributed by atoms with E-state index >= 15 is 0 Å². The number of nitrogens with one attached hydrogen (secondary N) is 1. The maximum absolute atomic E-state index is 12.4. The Morgan fingerprint density at radius 3 is 2.41 bits per heavy atom. The van der Waals surface area contributed by atoms with Gasteiger partial charge in [0.05, 0.1) is 6.10 Å². The highest BCUT2D eigenvalue weighted by Gasteiger charge is 2.24. The summed E-state index contributed by atoms with van der Waals surface area (Å²) in [6, 6.07) is 12.8. The van der Waals surface area contributed by atoms with Crippen LogP contribution in [0.15, 0.2) is 47.3 Å². The Morgan fingerprint density at radius 1 is 1.09 bits per heavy atom. The number of likely N-dealkylation sites (tertiary alicyclic amines) is 1. The Morgan fingerprint density at radius 2 is 1.77 bits per heavy atom. The third-order valence-corrected chi connectivity index (χ3v) is 3.98. The molecule has 0 atom stereocenters. The third-order valence-electron chi connectivity index (χ3n) is 3.98. The number of amides is 1. The number of aliphatic hydroxyl groups is 1. The zero-order valence-electron chi connectivity index (χ0n) is 12.2. The molecule has 1 saturated heterocycles. The zero-order chi connectivity index (χ0) is 15.5. The number of nitrogens with zero attached hydrogens (tertiary/aromatic N) is 1. The van der Waals surface area contributed by atoms with Crippen LogP contribution in [-0.4, -0.2) is 40.1 Å². The lowest BCUT2D eigenvalue weighted by Gasteiger charge is -2.29. The summed E-state index contributed by atoms with van der Waals surface area (Å²) in [5.41, 5.74) is 1.37. The van der Waals surface area contributed by atoms with E-state index < -0.39 is 0 Å². The lowest BCUT2D eigenvalue weighted by Crippen LogP contribution is -2.41. The van der Waals surface area contributed by atoms with E-state index in [1.165, 1.54) is 0 Å². The number of hydrogen-bond acceptors (Lipinski definition) is 3. The van der Waals surface area contributed by atoms with Crippen molar-refractivity contribution in [3.05, 3.63) is 58.4 Å². The fraction of sp³-hybridized carbons (Fsp3) is 0.294. The van der Waals surface area contributed by atoms with Crippen molar-refractivity contribution in [3.8, 4) is 11.3 Å². The maximum Gasteiger partial charge on any atom is 0.261 e. The summed E-state index contributed by atoms with van der Waals surface area (Å²) in [5, 5.41) is 9.49. The van der Waals surface area contributed by atoms with Gasteiger partial charge in [-0.3, -0.25) is 9.59 Å². The van der Waals surface area contributed by atoms with Crippen molar-refractivity contribution in [2.75, 3.05) is 13.1 Å². The Labute approximate surface area is 128 Å². The molecular weight excluding hydrogens is 280 g/mol. The Hall–Kier alpha value is -2.40. The van der Waals surface area contributed by atoms with Gasteiger partial charge in [-0.05, 0) is 30.5 Å². The fourth-order valence-corrected chi connectivity index (χ4v) is 2.67. The van der Waals surface area contributed by atoms with Gasteiger partial charge in [0.25, 0.3) is 11.5 Å². The second-order valence-electron chi connectivity index (χ2n) is 5.50. The number of carbonyl (C=O) groups is 1. The molecule has 0 aliphatic carbocycles. The fourth-order valence-electron chi connectivity index (χ4n) is 2.67. The summed E-state index contributed by atoms with van der Waals surface area (Å²) in [7, 11) is 0. The van der Waals surface area contributed by atoms with Crippen LogP contribution in [0.25, 0.3) is 11.3 Å². The summed E-state index contributed by atoms with van der Waals surface area (Å²) in [6.45, 7) is 0.972. The molecule has 2 heterocycles. The van der Waals surface area contributed by atoms with Gasteiger partial charge in [-0.2, -0.15) is 0 Å². The number of benzene rings is 1. The van der Waals surface area contributed by atoms with Crippen molar-refractivity contribution in [3.63, 3.8) is 0 Å². The van der Waals surface area contributed by atoms with Gasteiger partial charge in [-0.1, -0.05) is 30.3 Å². The quantitative estimate of drug-likeness (QED) is 0.885. The molecule has 1 aliphatic heterocycles. The molecule has 5 nitrogen and oxygen atoms in total. The largest absolute Gasteiger partial charge is 0.393 e. The van der Waals surface area contributed by atoms with Gasteiger partial charge < -0.3 is 15.0 Å². The SMILES string of the molecule is O=C(c1ccc(-c2ccccc2)[nH]c1=O)N1CCC(O)CC1. The summed E-state index contributed by atoms with van der Waals surface area (Å²) in [5.74, 6) is -0.271. The number of rotatable bonds is 2. The molecule has 2 aromatic rings. The first kappa shape index (κ1) is 14.5. The second-order valence-corrected chi connectivity index (χ2v) is 5.50. The van der Waals surface area contributed by atoms with E-state index in [1.807, 2.05) is 30.3 Å². The first-order chi connectivity index (χ1) is 10.6. The first-order valence-electron chi connectivity index (χ1n) is 7.41. The zero-order valence-corrected chi connectivity index (χ0v) is 12.2. The number of piperidine rings is 1. The number of pyridine rings is 1. The van der Waals surface area contributed by atoms with E-state index in [9.17, 15) is 14.7 Å². The highest BCUT2D eigenvalue weighted by Crippen LogP contribution is 2.16. The highest BCUT2D eigenvalue weighted by atomic mass is 16.3. The number of H-pyrrole nitrogens is 1. The number of aromatic nitrogens is 1. The molecule has 22 heavy (non-hydrogen) atoms. The van der Waals surface area contributed by atoms with Crippen LogP contribution in [0.1, 0.15) is 23.2 Å². The summed E-state index contributed by atoms with van der Waals surface area (Å²) in [6.07, 6.45) is 0.778. The van der Waals surface area contributed by atoms with Gasteiger partial charge in [0, 0.05) is 18.8 Å². The minimum Gasteiger partial charge on any atom is -0.393 e. The standard InChI is InChI=1S/C17H18N2O3/c20-13-8-10-19(11-9-13)17(22)14-6-7-15(18-16(14)21)12-4-2-1-3-5-12/h1-7,13,20H,8-11H2,(H,18,21). The topological polar surface area (TPSA) is 73.4 Å². The average Bonchev–Trinajstić information content (AvgIpc) is 2.56. The normalized spacial score (nSPS) is 15.8. The number of hydrogen-bond donors (Lipinski definition) is 2. The van der Waals surface area contributed by atoms with Gasteiger partial charge in [-0.15, -0.1) is 0 Å². The third kappa shape index (κ3) is 2.94. The van der Waals surface area contributed by atoms with Crippen molar-refractivity contribution in [2.45, 2.75) is 18.9 Å². The molecule has 1 aliphatic rings. The van der Waals surface area contributed by atoms with E-state index in [0.717, 1.165) is 5.56 Å². The Balaban J connectivity index is 1.84. The lowest BCUT2D eigenvalue weighted by molar-refractivity contribution is 0.0545. The molecule has 5 heteroatoms. The van der Waals surface area contributed by atoms with Crippen LogP contribution in [0.4, 0.5) is 0 Å². The van der Waals surface area contributed by atoms with E-state index in [-0.39, 0.29) is 23.1 Å². The molecule has 0 bridgehead atoms. The molecule has 1 amide bonds. The predicted molar refractivity (Wildman–Crippen MR) is 83.6 cm³/mol. The molecule has 1 aromatic carbocycles. The number of aliphatic hydroxyl groups excluding tert-OH is 1. The molecule has 2 N–H and O–H groups in total. The maximum atomic E-state index is 12.4. The average molecular weight is 298 g/mol. The van der Waals surface area contributed by atoms with Crippen molar-refractivity contribution in [2.24, 2.45) is 0 Å². The predicted octanol–water partition coefficient (Wildman–Crippen LogP) is 1.64. The van der Waals surface area contributed by atoms with Gasteiger partial charge >= 0.3 is 0 Å². The minimum atomic E-state index is -0.377. The summed E-state index contributed by atoms with van der Waals surface area (Å²) >= 11 is 0. The molecule has 1 fully saturated rings. The first-order valence-corrected chi connectivity index (χ1v) is 7.41. The van der Waals surface area contributed by atoms with Crippen LogP contribution in [0.3, 0.4) is 0 Å². The van der Waals surface area contributed by atoms with Gasteiger partial charge in [0.1, 0.15) is 5.56 Å². The Kier molecular flexibility index (Phi) is 4.06. The monoisotopic (exact) mass is 298 g/mol. The molecule has 0 radical (unpaired) electrons. The molecule has 0 unspecified atom stereocenters. The molecule has 0 saturated carbocycles. The second kappa shape index (κ2) is 6.15. The van der Waals surface area contributed by atoms with Crippen LogP contribution in [0.5, 0.6) is 0 Å². The van der Waals surface area contributed by atoms with Crippen LogP contribution in [0.2, 0.25) is 0 Å². The Bertz CT molecular complexity index is 716. The van der Waals surface area contributed by atoms with E-state index in [4.69, 9.17) is 0 Å². The van der Waals surface area contributed by atoms with Crippen LogP contribution in [-0.2, 0) is 0 Å². The van der Waals surface area contributed by atoms with Crippen LogP contribution >= 0.6 is 0 Å². The van der Waals surface area contributed by atoms with E-state index in [1.54, 1.807) is 17.0 Å². The number of carbonyl (C=O) groups excluding carboxylic acids is 1. The summed E-state index contributed by atoms with van der Waals surface area (Å²) < 4.78 is 0. The highest BCUT2D eigenvalue weighted by molar-refractivity contribution is 5.94. The van der Waals surface area contributed by atoms with Crippen LogP contribution < -0.4 is 5.56 Å². The van der Waals surface area contributed by atoms with Crippen molar-refractivity contribution in [1.82, 2.24) is 9.88 Å². The molecular formula is C17H18N2O3. The van der Waals surface area contributed by atoms with Gasteiger partial charge in [-0.25, -0.2) is 0 Å². The lowest BCUT2D eigenvalue weighted by atomic mass is 10.1. The van der Waals surface area contributed by atoms with Gasteiger partial charge in [0.2, 0.25) is 0 Å². The van der Waals surface area contributed by atoms with Crippen molar-refractivity contribution in [1.29, 1.82) is 0 Å². The molecule has 3 rings (SSSR count). The molecule has 1 aromatic heterocycles. The summed E-state index contributed by atoms with van der Waals surface area (Å²) in [4.78, 5) is 29.0.